The van der Waals surface area contributed by atoms with Gasteiger partial charge in [0.05, 0.1) is 16.3 Å². The molecule has 0 unspecified atom stereocenters. The fourth-order valence-corrected chi connectivity index (χ4v) is 5.95. The van der Waals surface area contributed by atoms with Gasteiger partial charge in [0, 0.05) is 18.1 Å². The van der Waals surface area contributed by atoms with Crippen LogP contribution in [0.4, 0.5) is 4.39 Å². The molecule has 0 saturated heterocycles. The van der Waals surface area contributed by atoms with Gasteiger partial charge in [-0.3, -0.25) is 14.2 Å². The minimum atomic E-state index is -0.431. The smallest absolute Gasteiger partial charge is 0.308 e. The molecule has 36 heavy (non-hydrogen) atoms. The molecule has 1 atom stereocenters. The largest absolute Gasteiger partial charge is 0.426 e. The molecular weight excluding hydrogens is 475 g/mol. The molecule has 1 aromatic heterocycles. The van der Waals surface area contributed by atoms with Gasteiger partial charge in [-0.2, -0.15) is 0 Å². The van der Waals surface area contributed by atoms with E-state index in [0.717, 1.165) is 35.2 Å². The van der Waals surface area contributed by atoms with E-state index in [1.807, 2.05) is 18.2 Å². The van der Waals surface area contributed by atoms with Crippen LogP contribution in [0.15, 0.2) is 88.2 Å². The summed E-state index contributed by atoms with van der Waals surface area (Å²) in [4.78, 5) is 30.9. The lowest BCUT2D eigenvalue weighted by Crippen LogP contribution is -2.38. The number of thiazole rings is 1. The Hall–Kier alpha value is -4.10. The fraction of sp³-hybridized carbons (Fsp3) is 0.138. The molecule has 0 N–H and O–H groups in total. The Kier molecular flexibility index (Phi) is 5.49. The number of rotatable bonds is 3. The molecule has 0 radical (unpaired) electrons. The van der Waals surface area contributed by atoms with E-state index >= 15 is 0 Å². The lowest BCUT2D eigenvalue weighted by atomic mass is 9.83. The van der Waals surface area contributed by atoms with Crippen LogP contribution in [0.5, 0.6) is 5.75 Å². The van der Waals surface area contributed by atoms with Crippen molar-refractivity contribution in [2.75, 3.05) is 0 Å². The summed E-state index contributed by atoms with van der Waals surface area (Å²) in [6.07, 6.45) is 3.35. The van der Waals surface area contributed by atoms with Crippen LogP contribution >= 0.6 is 11.3 Å². The molecule has 2 aliphatic rings. The van der Waals surface area contributed by atoms with E-state index in [2.05, 4.69) is 12.1 Å². The number of hydrogen-bond acceptors (Lipinski definition) is 5. The summed E-state index contributed by atoms with van der Waals surface area (Å²) in [6, 6.07) is 21.3. The number of aryl methyl sites for hydroxylation is 1. The van der Waals surface area contributed by atoms with Crippen LogP contribution < -0.4 is 19.6 Å². The second-order valence-corrected chi connectivity index (χ2v) is 9.81. The standard InChI is InChI=1S/C29H21FN2O3S/c1-17(33)35-24-9-5-3-7-20(24)16-25-28(34)32-27(19-10-13-21(30)14-11-19)23-15-12-18-6-2-4-8-22(18)26(23)31-29(32)36-25/h2-11,13-14,16,27H,12,15H2,1H3/b25-16+/t27-/m0/s1. The Morgan fingerprint density at radius 2 is 1.81 bits per heavy atom. The van der Waals surface area contributed by atoms with Crippen LogP contribution in [0, 0.1) is 5.82 Å². The molecule has 7 heteroatoms. The van der Waals surface area contributed by atoms with Crippen molar-refractivity contribution in [3.8, 4) is 5.75 Å². The van der Waals surface area contributed by atoms with Crippen molar-refractivity contribution >= 4 is 29.1 Å². The Morgan fingerprint density at radius 3 is 2.61 bits per heavy atom. The Morgan fingerprint density at radius 1 is 1.06 bits per heavy atom. The molecule has 0 amide bonds. The van der Waals surface area contributed by atoms with Crippen molar-refractivity contribution < 1.29 is 13.9 Å². The fourth-order valence-electron chi connectivity index (χ4n) is 4.96. The van der Waals surface area contributed by atoms with Crippen LogP contribution in [0.1, 0.15) is 41.6 Å². The zero-order valence-corrected chi connectivity index (χ0v) is 20.2. The topological polar surface area (TPSA) is 60.7 Å². The Bertz CT molecular complexity index is 1730. The molecule has 178 valence electrons. The molecule has 0 spiro atoms. The van der Waals surface area contributed by atoms with Gasteiger partial charge >= 0.3 is 5.97 Å². The van der Waals surface area contributed by atoms with E-state index in [-0.39, 0.29) is 17.4 Å². The molecule has 5 nitrogen and oxygen atoms in total. The first kappa shape index (κ1) is 22.4. The highest BCUT2D eigenvalue weighted by molar-refractivity contribution is 7.07. The molecule has 1 aliphatic heterocycles. The highest BCUT2D eigenvalue weighted by Crippen LogP contribution is 2.41. The van der Waals surface area contributed by atoms with E-state index < -0.39 is 5.97 Å². The van der Waals surface area contributed by atoms with Crippen molar-refractivity contribution in [2.24, 2.45) is 4.99 Å². The van der Waals surface area contributed by atoms with Crippen LogP contribution in [0.25, 0.3) is 11.8 Å². The first-order chi connectivity index (χ1) is 17.5. The maximum atomic E-state index is 13.8. The van der Waals surface area contributed by atoms with Gasteiger partial charge in [-0.05, 0) is 53.8 Å². The summed E-state index contributed by atoms with van der Waals surface area (Å²) in [5.74, 6) is -0.365. The lowest BCUT2D eigenvalue weighted by Gasteiger charge is -2.30. The monoisotopic (exact) mass is 496 g/mol. The number of aromatic nitrogens is 1. The van der Waals surface area contributed by atoms with E-state index in [1.54, 1.807) is 41.0 Å². The highest BCUT2D eigenvalue weighted by atomic mass is 32.1. The average molecular weight is 497 g/mol. The van der Waals surface area contributed by atoms with E-state index in [1.165, 1.54) is 36.0 Å². The summed E-state index contributed by atoms with van der Waals surface area (Å²) in [5, 5.41) is 0. The molecule has 2 heterocycles. The van der Waals surface area contributed by atoms with Gasteiger partial charge in [0.2, 0.25) is 0 Å². The van der Waals surface area contributed by atoms with Crippen LogP contribution in [-0.4, -0.2) is 10.5 Å². The molecule has 0 saturated carbocycles. The molecule has 4 aromatic rings. The molecule has 3 aromatic carbocycles. The second-order valence-electron chi connectivity index (χ2n) is 8.80. The number of allylic oxidation sites excluding steroid dienone is 1. The Labute approximate surface area is 210 Å². The molecular formula is C29H21FN2O3S. The average Bonchev–Trinajstić information content (AvgIpc) is 3.18. The van der Waals surface area contributed by atoms with Crippen molar-refractivity contribution in [1.82, 2.24) is 4.57 Å². The van der Waals surface area contributed by atoms with Crippen LogP contribution in [0.2, 0.25) is 0 Å². The van der Waals surface area contributed by atoms with Gasteiger partial charge in [0.25, 0.3) is 5.56 Å². The van der Waals surface area contributed by atoms with Gasteiger partial charge in [0.1, 0.15) is 11.6 Å². The van der Waals surface area contributed by atoms with Crippen molar-refractivity contribution in [2.45, 2.75) is 25.8 Å². The first-order valence-electron chi connectivity index (χ1n) is 11.7. The number of nitrogens with zero attached hydrogens (tertiary/aromatic N) is 2. The number of para-hydroxylation sites is 1. The zero-order chi connectivity index (χ0) is 24.8. The summed E-state index contributed by atoms with van der Waals surface area (Å²) < 4.78 is 21.3. The van der Waals surface area contributed by atoms with E-state index in [9.17, 15) is 14.0 Å². The summed E-state index contributed by atoms with van der Waals surface area (Å²) in [7, 11) is 0. The van der Waals surface area contributed by atoms with Gasteiger partial charge in [-0.1, -0.05) is 65.9 Å². The molecule has 0 fully saturated rings. The highest BCUT2D eigenvalue weighted by Gasteiger charge is 2.32. The van der Waals surface area contributed by atoms with Gasteiger partial charge < -0.3 is 4.74 Å². The lowest BCUT2D eigenvalue weighted by molar-refractivity contribution is -0.131. The first-order valence-corrected chi connectivity index (χ1v) is 12.5. The molecule has 1 aliphatic carbocycles. The maximum Gasteiger partial charge on any atom is 0.308 e. The number of halogens is 1. The summed E-state index contributed by atoms with van der Waals surface area (Å²) in [6.45, 7) is 1.34. The summed E-state index contributed by atoms with van der Waals surface area (Å²) in [5.41, 5.74) is 5.53. The van der Waals surface area contributed by atoms with Gasteiger partial charge in [-0.15, -0.1) is 0 Å². The Balaban J connectivity index is 1.60. The third-order valence-electron chi connectivity index (χ3n) is 6.52. The van der Waals surface area contributed by atoms with Gasteiger partial charge in [-0.25, -0.2) is 9.38 Å². The number of carbonyl (C=O) groups is 1. The van der Waals surface area contributed by atoms with Crippen molar-refractivity contribution in [3.05, 3.63) is 126 Å². The number of carbonyl (C=O) groups excluding carboxylic acids is 1. The van der Waals surface area contributed by atoms with Crippen molar-refractivity contribution in [3.63, 3.8) is 0 Å². The zero-order valence-electron chi connectivity index (χ0n) is 19.4. The normalized spacial score (nSPS) is 16.6. The number of benzene rings is 3. The quantitative estimate of drug-likeness (QED) is 0.312. The maximum absolute atomic E-state index is 13.8. The van der Waals surface area contributed by atoms with Crippen LogP contribution in [-0.2, 0) is 11.2 Å². The molecule has 6 rings (SSSR count). The number of esters is 1. The second kappa shape index (κ2) is 8.84. The minimum Gasteiger partial charge on any atom is -0.426 e. The number of fused-ring (bicyclic) bond motifs is 3. The molecule has 0 bridgehead atoms. The van der Waals surface area contributed by atoms with Gasteiger partial charge in [0.15, 0.2) is 4.80 Å². The number of ether oxygens (including phenoxy) is 1. The van der Waals surface area contributed by atoms with E-state index in [0.29, 0.717) is 20.6 Å². The van der Waals surface area contributed by atoms with Crippen LogP contribution in [0.3, 0.4) is 0 Å². The third kappa shape index (κ3) is 3.82. The summed E-state index contributed by atoms with van der Waals surface area (Å²) >= 11 is 1.30. The van der Waals surface area contributed by atoms with Crippen molar-refractivity contribution in [1.29, 1.82) is 0 Å². The predicted molar refractivity (Wildman–Crippen MR) is 137 cm³/mol. The SMILES string of the molecule is CC(=O)Oc1ccccc1/C=c1/sc2n(c1=O)[C@@H](c1ccc(F)cc1)C1=C(N=2)c2ccccc2CC1. The number of hydrogen-bond donors (Lipinski definition) is 0. The van der Waals surface area contributed by atoms with E-state index in [4.69, 9.17) is 9.73 Å². The third-order valence-corrected chi connectivity index (χ3v) is 7.50. The predicted octanol–water partition coefficient (Wildman–Crippen LogP) is 4.38. The minimum absolute atomic E-state index is 0.184.